The summed E-state index contributed by atoms with van der Waals surface area (Å²) < 4.78 is 6.68. The Morgan fingerprint density at radius 1 is 1.08 bits per heavy atom. The molecule has 3 aromatic rings. The van der Waals surface area contributed by atoms with Crippen molar-refractivity contribution in [3.63, 3.8) is 0 Å². The Hall–Kier alpha value is -3.15. The lowest BCUT2D eigenvalue weighted by Gasteiger charge is -2.10. The molecule has 0 fully saturated rings. The van der Waals surface area contributed by atoms with Crippen LogP contribution in [0.15, 0.2) is 59.4 Å². The Kier molecular flexibility index (Phi) is 4.56. The molecule has 0 saturated carbocycles. The fourth-order valence-corrected chi connectivity index (χ4v) is 2.41. The summed E-state index contributed by atoms with van der Waals surface area (Å²) in [6.07, 6.45) is 0. The predicted molar refractivity (Wildman–Crippen MR) is 90.8 cm³/mol. The van der Waals surface area contributed by atoms with Gasteiger partial charge in [0.25, 0.3) is 11.5 Å². The number of nitrogens with one attached hydrogen (secondary N) is 1. The Labute approximate surface area is 138 Å². The minimum Gasteiger partial charge on any atom is -0.484 e. The number of aromatic nitrogens is 2. The maximum atomic E-state index is 12.1. The van der Waals surface area contributed by atoms with E-state index < -0.39 is 0 Å². The van der Waals surface area contributed by atoms with Crippen LogP contribution >= 0.6 is 0 Å². The molecule has 0 radical (unpaired) electrons. The summed E-state index contributed by atoms with van der Waals surface area (Å²) in [6, 6.07) is 16.4. The van der Waals surface area contributed by atoms with E-state index in [1.807, 2.05) is 30.3 Å². The van der Waals surface area contributed by atoms with Crippen LogP contribution < -0.4 is 15.6 Å². The van der Waals surface area contributed by atoms with Gasteiger partial charge in [-0.25, -0.2) is 4.68 Å². The average Bonchev–Trinajstić information content (AvgIpc) is 2.62. The van der Waals surface area contributed by atoms with Gasteiger partial charge in [0, 0.05) is 12.4 Å². The van der Waals surface area contributed by atoms with Gasteiger partial charge in [0.15, 0.2) is 6.61 Å². The van der Waals surface area contributed by atoms with Crippen molar-refractivity contribution in [1.29, 1.82) is 0 Å². The lowest BCUT2D eigenvalue weighted by molar-refractivity contribution is -0.123. The Balaban J connectivity index is 1.68. The van der Waals surface area contributed by atoms with E-state index in [-0.39, 0.29) is 24.6 Å². The van der Waals surface area contributed by atoms with Crippen LogP contribution in [0.25, 0.3) is 10.8 Å². The van der Waals surface area contributed by atoms with Gasteiger partial charge >= 0.3 is 0 Å². The molecule has 24 heavy (non-hydrogen) atoms. The van der Waals surface area contributed by atoms with Crippen molar-refractivity contribution in [1.82, 2.24) is 15.1 Å². The van der Waals surface area contributed by atoms with Gasteiger partial charge in [-0.15, -0.1) is 0 Å². The van der Waals surface area contributed by atoms with Crippen LogP contribution in [-0.4, -0.2) is 22.3 Å². The smallest absolute Gasteiger partial charge is 0.274 e. The number of benzene rings is 2. The molecule has 6 nitrogen and oxygen atoms in total. The normalized spacial score (nSPS) is 10.5. The zero-order valence-corrected chi connectivity index (χ0v) is 13.2. The monoisotopic (exact) mass is 323 g/mol. The topological polar surface area (TPSA) is 73.2 Å². The second-order valence-corrected chi connectivity index (χ2v) is 5.30. The molecule has 0 aliphatic carbocycles. The molecule has 1 amide bonds. The average molecular weight is 323 g/mol. The molecular weight excluding hydrogens is 306 g/mol. The highest BCUT2D eigenvalue weighted by Gasteiger charge is 2.10. The molecule has 2 aromatic carbocycles. The molecular formula is C18H17N3O3. The molecule has 0 bridgehead atoms. The van der Waals surface area contributed by atoms with Crippen LogP contribution in [0.1, 0.15) is 5.69 Å². The van der Waals surface area contributed by atoms with Crippen LogP contribution in [-0.2, 0) is 18.4 Å². The lowest BCUT2D eigenvalue weighted by Crippen LogP contribution is -2.30. The van der Waals surface area contributed by atoms with Crippen LogP contribution in [0.3, 0.4) is 0 Å². The minimum atomic E-state index is -0.251. The van der Waals surface area contributed by atoms with Gasteiger partial charge in [-0.1, -0.05) is 36.4 Å². The molecule has 1 heterocycles. The molecule has 3 rings (SSSR count). The molecule has 0 aliphatic rings. The van der Waals surface area contributed by atoms with Crippen molar-refractivity contribution >= 4 is 16.7 Å². The maximum absolute atomic E-state index is 12.1. The number of nitrogens with zero attached hydrogens (tertiary/aromatic N) is 2. The second kappa shape index (κ2) is 6.95. The molecule has 0 spiro atoms. The van der Waals surface area contributed by atoms with Crippen molar-refractivity contribution in [2.24, 2.45) is 7.05 Å². The highest BCUT2D eigenvalue weighted by atomic mass is 16.5. The van der Waals surface area contributed by atoms with Crippen molar-refractivity contribution in [2.75, 3.05) is 6.61 Å². The lowest BCUT2D eigenvalue weighted by atomic mass is 10.1. The molecule has 1 N–H and O–H groups in total. The molecule has 122 valence electrons. The highest BCUT2D eigenvalue weighted by Crippen LogP contribution is 2.12. The first-order valence-electron chi connectivity index (χ1n) is 7.54. The number of rotatable bonds is 5. The fourth-order valence-electron chi connectivity index (χ4n) is 2.41. The number of amides is 1. The van der Waals surface area contributed by atoms with Gasteiger partial charge < -0.3 is 10.1 Å². The largest absolute Gasteiger partial charge is 0.484 e. The third kappa shape index (κ3) is 3.43. The van der Waals surface area contributed by atoms with Crippen LogP contribution in [0.2, 0.25) is 0 Å². The van der Waals surface area contributed by atoms with Crippen LogP contribution in [0.5, 0.6) is 5.75 Å². The first-order chi connectivity index (χ1) is 11.6. The molecule has 0 saturated heterocycles. The number of aryl methyl sites for hydroxylation is 1. The number of hydrogen-bond acceptors (Lipinski definition) is 4. The zero-order chi connectivity index (χ0) is 16.9. The number of ether oxygens (including phenoxy) is 1. The van der Waals surface area contributed by atoms with E-state index in [0.717, 1.165) is 5.39 Å². The van der Waals surface area contributed by atoms with E-state index in [0.29, 0.717) is 16.8 Å². The van der Waals surface area contributed by atoms with Gasteiger partial charge in [0.05, 0.1) is 17.6 Å². The summed E-state index contributed by atoms with van der Waals surface area (Å²) in [4.78, 5) is 24.0. The van der Waals surface area contributed by atoms with Gasteiger partial charge in [0.2, 0.25) is 0 Å². The summed E-state index contributed by atoms with van der Waals surface area (Å²) in [6.45, 7) is 0.152. The van der Waals surface area contributed by atoms with Crippen molar-refractivity contribution in [3.05, 3.63) is 70.6 Å². The maximum Gasteiger partial charge on any atom is 0.274 e. The fraction of sp³-hybridized carbons (Fsp3) is 0.167. The van der Waals surface area contributed by atoms with E-state index in [1.165, 1.54) is 4.68 Å². The van der Waals surface area contributed by atoms with E-state index in [2.05, 4.69) is 10.4 Å². The number of carbonyl (C=O) groups excluding carboxylic acids is 1. The van der Waals surface area contributed by atoms with Crippen molar-refractivity contribution in [3.8, 4) is 5.75 Å². The van der Waals surface area contributed by atoms with Crippen LogP contribution in [0.4, 0.5) is 0 Å². The summed E-state index contributed by atoms with van der Waals surface area (Å²) in [5.41, 5.74) is 0.480. The zero-order valence-electron chi connectivity index (χ0n) is 13.2. The predicted octanol–water partition coefficient (Wildman–Crippen LogP) is 1.63. The Morgan fingerprint density at radius 2 is 1.75 bits per heavy atom. The number of fused-ring (bicyclic) bond motifs is 1. The summed E-state index contributed by atoms with van der Waals surface area (Å²) in [7, 11) is 1.60. The third-order valence-corrected chi connectivity index (χ3v) is 3.60. The van der Waals surface area contributed by atoms with E-state index in [4.69, 9.17) is 4.74 Å². The standard InChI is InChI=1S/C18H17N3O3/c1-21-18(23)15-10-6-5-9-14(15)16(20-21)11-19-17(22)12-24-13-7-3-2-4-8-13/h2-10H,11-12H2,1H3,(H,19,22). The van der Waals surface area contributed by atoms with Crippen molar-refractivity contribution in [2.45, 2.75) is 6.54 Å². The SMILES string of the molecule is Cn1nc(CNC(=O)COc2ccccc2)c2ccccc2c1=O. The van der Waals surface area contributed by atoms with Gasteiger partial charge in [-0.3, -0.25) is 9.59 Å². The molecule has 0 atom stereocenters. The second-order valence-electron chi connectivity index (χ2n) is 5.30. The Bertz CT molecular complexity index is 920. The number of para-hydroxylation sites is 1. The number of carbonyl (C=O) groups is 1. The van der Waals surface area contributed by atoms with Gasteiger partial charge in [-0.2, -0.15) is 5.10 Å². The highest BCUT2D eigenvalue weighted by molar-refractivity contribution is 5.84. The Morgan fingerprint density at radius 3 is 2.50 bits per heavy atom. The minimum absolute atomic E-state index is 0.0757. The molecule has 6 heteroatoms. The molecule has 0 aliphatic heterocycles. The summed E-state index contributed by atoms with van der Waals surface area (Å²) >= 11 is 0. The van der Waals surface area contributed by atoms with Gasteiger partial charge in [0.1, 0.15) is 5.75 Å². The first-order valence-corrected chi connectivity index (χ1v) is 7.54. The summed E-state index contributed by atoms with van der Waals surface area (Å²) in [5.74, 6) is 0.386. The van der Waals surface area contributed by atoms with E-state index in [9.17, 15) is 9.59 Å². The third-order valence-electron chi connectivity index (χ3n) is 3.60. The van der Waals surface area contributed by atoms with E-state index >= 15 is 0 Å². The van der Waals surface area contributed by atoms with Crippen LogP contribution in [0, 0.1) is 0 Å². The summed E-state index contributed by atoms with van der Waals surface area (Å²) in [5, 5.41) is 8.33. The first kappa shape index (κ1) is 15.7. The quantitative estimate of drug-likeness (QED) is 0.774. The molecule has 1 aromatic heterocycles. The van der Waals surface area contributed by atoms with Crippen molar-refractivity contribution < 1.29 is 9.53 Å². The van der Waals surface area contributed by atoms with E-state index in [1.54, 1.807) is 31.3 Å². The van der Waals surface area contributed by atoms with Gasteiger partial charge in [-0.05, 0) is 18.2 Å². The number of hydrogen-bond donors (Lipinski definition) is 1. The molecule has 0 unspecified atom stereocenters.